The molecule has 0 bridgehead atoms. The second-order valence-electron chi connectivity index (χ2n) is 7.67. The van der Waals surface area contributed by atoms with Crippen molar-refractivity contribution in [2.45, 2.75) is 57.9 Å². The highest BCUT2D eigenvalue weighted by Gasteiger charge is 2.22. The second kappa shape index (κ2) is 11.6. The zero-order chi connectivity index (χ0) is 22.1. The van der Waals surface area contributed by atoms with E-state index in [4.69, 9.17) is 0 Å². The van der Waals surface area contributed by atoms with Gasteiger partial charge in [0.15, 0.2) is 0 Å². The van der Waals surface area contributed by atoms with Crippen molar-refractivity contribution in [3.63, 3.8) is 0 Å². The number of amides is 1. The van der Waals surface area contributed by atoms with Crippen LogP contribution >= 0.6 is 0 Å². The number of aromatic nitrogens is 1. The lowest BCUT2D eigenvalue weighted by Crippen LogP contribution is -2.41. The summed E-state index contributed by atoms with van der Waals surface area (Å²) in [5, 5.41) is 0. The van der Waals surface area contributed by atoms with Crippen molar-refractivity contribution in [3.05, 3.63) is 18.3 Å². The second-order valence-corrected chi connectivity index (χ2v) is 9.38. The van der Waals surface area contributed by atoms with E-state index in [2.05, 4.69) is 19.5 Å². The van der Waals surface area contributed by atoms with Crippen molar-refractivity contribution >= 4 is 21.7 Å². The van der Waals surface area contributed by atoms with Gasteiger partial charge in [-0.2, -0.15) is 0 Å². The Morgan fingerprint density at radius 3 is 2.37 bits per heavy atom. The van der Waals surface area contributed by atoms with E-state index in [0.717, 1.165) is 64.3 Å². The molecule has 1 fully saturated rings. The van der Waals surface area contributed by atoms with Crippen molar-refractivity contribution in [1.29, 1.82) is 0 Å². The van der Waals surface area contributed by atoms with Crippen LogP contribution in [0, 0.1) is 0 Å². The fourth-order valence-electron chi connectivity index (χ4n) is 3.69. The Kier molecular flexibility index (Phi) is 9.51. The fraction of sp³-hybridized carbons (Fsp3) is 0.714. The van der Waals surface area contributed by atoms with E-state index in [1.54, 1.807) is 12.1 Å². The molecule has 8 nitrogen and oxygen atoms in total. The number of carbonyl (C=O) groups is 1. The molecule has 0 unspecified atom stereocenters. The Morgan fingerprint density at radius 2 is 1.80 bits per heavy atom. The average Bonchev–Trinajstić information content (AvgIpc) is 2.98. The van der Waals surface area contributed by atoms with Gasteiger partial charge in [-0.05, 0) is 45.2 Å². The van der Waals surface area contributed by atoms with Gasteiger partial charge in [0.05, 0.1) is 6.54 Å². The van der Waals surface area contributed by atoms with Crippen LogP contribution < -0.4 is 9.62 Å². The summed E-state index contributed by atoms with van der Waals surface area (Å²) < 4.78 is 27.8. The maximum absolute atomic E-state index is 12.5. The van der Waals surface area contributed by atoms with Crippen LogP contribution in [-0.4, -0.2) is 81.0 Å². The molecule has 1 saturated heterocycles. The molecule has 2 rings (SSSR count). The van der Waals surface area contributed by atoms with Gasteiger partial charge in [-0.15, -0.1) is 0 Å². The van der Waals surface area contributed by atoms with Crippen molar-refractivity contribution in [2.24, 2.45) is 0 Å². The standard InChI is InChI=1S/C21H37N5O3S/c1-5-18(6-2)23-30(28,29)19-10-11-20(22-16-19)26-13-9-12-24(14-15-26)17-21(27)25(7-3)8-4/h10-11,16,18,23H,5-9,12-15,17H2,1-4H3. The Labute approximate surface area is 181 Å². The molecule has 170 valence electrons. The Bertz CT molecular complexity index is 761. The van der Waals surface area contributed by atoms with Crippen molar-refractivity contribution < 1.29 is 13.2 Å². The van der Waals surface area contributed by atoms with E-state index >= 15 is 0 Å². The van der Waals surface area contributed by atoms with Gasteiger partial charge in [-0.3, -0.25) is 9.69 Å². The van der Waals surface area contributed by atoms with Gasteiger partial charge in [-0.1, -0.05) is 13.8 Å². The number of hydrogen-bond acceptors (Lipinski definition) is 6. The number of nitrogens with zero attached hydrogens (tertiary/aromatic N) is 4. The summed E-state index contributed by atoms with van der Waals surface area (Å²) in [7, 11) is -3.56. The summed E-state index contributed by atoms with van der Waals surface area (Å²) in [6.45, 7) is 13.1. The van der Waals surface area contributed by atoms with E-state index in [1.165, 1.54) is 6.20 Å². The Hall–Kier alpha value is -1.71. The predicted molar refractivity (Wildman–Crippen MR) is 120 cm³/mol. The monoisotopic (exact) mass is 439 g/mol. The molecular weight excluding hydrogens is 402 g/mol. The van der Waals surface area contributed by atoms with Crippen LogP contribution in [0.4, 0.5) is 5.82 Å². The largest absolute Gasteiger partial charge is 0.355 e. The number of hydrogen-bond donors (Lipinski definition) is 1. The molecule has 0 aliphatic carbocycles. The van der Waals surface area contributed by atoms with Gasteiger partial charge in [-0.25, -0.2) is 18.1 Å². The normalized spacial score (nSPS) is 16.0. The Morgan fingerprint density at radius 1 is 1.10 bits per heavy atom. The molecule has 1 aromatic heterocycles. The maximum Gasteiger partial charge on any atom is 0.242 e. The quantitative estimate of drug-likeness (QED) is 0.600. The van der Waals surface area contributed by atoms with Crippen LogP contribution in [0.15, 0.2) is 23.2 Å². The lowest BCUT2D eigenvalue weighted by molar-refractivity contribution is -0.132. The number of rotatable bonds is 10. The number of nitrogens with one attached hydrogen (secondary N) is 1. The summed E-state index contributed by atoms with van der Waals surface area (Å²) in [5.41, 5.74) is 0. The number of pyridine rings is 1. The fourth-order valence-corrected chi connectivity index (χ4v) is 5.03. The molecule has 1 aliphatic rings. The van der Waals surface area contributed by atoms with E-state index in [1.807, 2.05) is 32.6 Å². The highest BCUT2D eigenvalue weighted by atomic mass is 32.2. The molecule has 0 aromatic carbocycles. The third kappa shape index (κ3) is 6.65. The molecule has 1 amide bonds. The van der Waals surface area contributed by atoms with Crippen LogP contribution in [0.5, 0.6) is 0 Å². The molecule has 9 heteroatoms. The van der Waals surface area contributed by atoms with Crippen LogP contribution in [-0.2, 0) is 14.8 Å². The van der Waals surface area contributed by atoms with Gasteiger partial charge in [0.1, 0.15) is 10.7 Å². The van der Waals surface area contributed by atoms with Crippen molar-refractivity contribution in [1.82, 2.24) is 19.5 Å². The Balaban J connectivity index is 1.98. The molecule has 0 radical (unpaired) electrons. The molecule has 1 aliphatic heterocycles. The minimum Gasteiger partial charge on any atom is -0.355 e. The summed E-state index contributed by atoms with van der Waals surface area (Å²) >= 11 is 0. The van der Waals surface area contributed by atoms with Gasteiger partial charge < -0.3 is 9.80 Å². The number of anilines is 1. The summed E-state index contributed by atoms with van der Waals surface area (Å²) in [6.07, 6.45) is 3.88. The average molecular weight is 440 g/mol. The van der Waals surface area contributed by atoms with Crippen LogP contribution in [0.25, 0.3) is 0 Å². The minimum atomic E-state index is -3.56. The third-order valence-electron chi connectivity index (χ3n) is 5.73. The molecule has 1 N–H and O–H groups in total. The SMILES string of the molecule is CCC(CC)NS(=O)(=O)c1ccc(N2CCCN(CC(=O)N(CC)CC)CC2)nc1. The third-order valence-corrected chi connectivity index (χ3v) is 7.23. The van der Waals surface area contributed by atoms with Gasteiger partial charge in [0.25, 0.3) is 0 Å². The first-order valence-electron chi connectivity index (χ1n) is 11.1. The van der Waals surface area contributed by atoms with E-state index < -0.39 is 10.0 Å². The first kappa shape index (κ1) is 24.6. The molecule has 0 atom stereocenters. The van der Waals surface area contributed by atoms with Crippen LogP contribution in [0.3, 0.4) is 0 Å². The number of sulfonamides is 1. The highest BCUT2D eigenvalue weighted by Crippen LogP contribution is 2.17. The van der Waals surface area contributed by atoms with Gasteiger partial charge in [0, 0.05) is 51.5 Å². The minimum absolute atomic E-state index is 0.0645. The lowest BCUT2D eigenvalue weighted by Gasteiger charge is -2.25. The number of carbonyl (C=O) groups excluding carboxylic acids is 1. The zero-order valence-corrected chi connectivity index (χ0v) is 19.6. The first-order chi connectivity index (χ1) is 14.3. The van der Waals surface area contributed by atoms with Gasteiger partial charge in [0.2, 0.25) is 15.9 Å². The van der Waals surface area contributed by atoms with E-state index in [0.29, 0.717) is 6.54 Å². The van der Waals surface area contributed by atoms with Crippen molar-refractivity contribution in [3.8, 4) is 0 Å². The van der Waals surface area contributed by atoms with Crippen LogP contribution in [0.2, 0.25) is 0 Å². The lowest BCUT2D eigenvalue weighted by atomic mass is 10.2. The topological polar surface area (TPSA) is 85.8 Å². The van der Waals surface area contributed by atoms with Crippen molar-refractivity contribution in [2.75, 3.05) is 50.7 Å². The smallest absolute Gasteiger partial charge is 0.242 e. The summed E-state index contributed by atoms with van der Waals surface area (Å²) in [6, 6.07) is 3.34. The zero-order valence-electron chi connectivity index (χ0n) is 18.8. The summed E-state index contributed by atoms with van der Waals surface area (Å²) in [5.74, 6) is 0.944. The molecule has 30 heavy (non-hydrogen) atoms. The molecule has 1 aromatic rings. The van der Waals surface area contributed by atoms with E-state index in [-0.39, 0.29) is 16.8 Å². The molecular formula is C21H37N5O3S. The molecule has 2 heterocycles. The maximum atomic E-state index is 12.5. The number of likely N-dealkylation sites (N-methyl/N-ethyl adjacent to an activating group) is 1. The summed E-state index contributed by atoms with van der Waals surface area (Å²) in [4.78, 5) is 23.2. The predicted octanol–water partition coefficient (Wildman–Crippen LogP) is 1.93. The van der Waals surface area contributed by atoms with Gasteiger partial charge >= 0.3 is 0 Å². The molecule has 0 spiro atoms. The first-order valence-corrected chi connectivity index (χ1v) is 12.6. The molecule has 0 saturated carbocycles. The van der Waals surface area contributed by atoms with E-state index in [9.17, 15) is 13.2 Å². The highest BCUT2D eigenvalue weighted by molar-refractivity contribution is 7.89. The van der Waals surface area contributed by atoms with Crippen LogP contribution in [0.1, 0.15) is 47.0 Å².